The highest BCUT2D eigenvalue weighted by molar-refractivity contribution is 7.38. The van der Waals surface area contributed by atoms with Crippen LogP contribution in [0.25, 0.3) is 10.1 Å². The van der Waals surface area contributed by atoms with Gasteiger partial charge in [-0.2, -0.15) is 0 Å². The number of halogens is 4. The summed E-state index contributed by atoms with van der Waals surface area (Å²) < 4.78 is 39.7. The molecule has 2 rings (SSSR count). The summed E-state index contributed by atoms with van der Waals surface area (Å²) in [6.07, 6.45) is 1.23. The number of fused-ring (bicyclic) bond motifs is 1. The molecule has 1 aromatic carbocycles. The van der Waals surface area contributed by atoms with Crippen molar-refractivity contribution in [2.45, 2.75) is 32.2 Å². The summed E-state index contributed by atoms with van der Waals surface area (Å²) in [5.74, 6) is 0. The van der Waals surface area contributed by atoms with Crippen molar-refractivity contribution in [2.75, 3.05) is 0 Å². The molecule has 0 radical (unpaired) electrons. The van der Waals surface area contributed by atoms with Crippen molar-refractivity contribution >= 4 is 20.6 Å². The van der Waals surface area contributed by atoms with Gasteiger partial charge >= 0.3 is 5.51 Å². The molecule has 0 aliphatic carbocycles. The predicted molar refractivity (Wildman–Crippen MR) is 66.5 cm³/mol. The Hall–Kier alpha value is -0.550. The molecule has 1 unspecified atom stereocenters. The topological polar surface area (TPSA) is 0 Å². The molecule has 2 aromatic rings. The van der Waals surface area contributed by atoms with Crippen LogP contribution in [-0.2, 0) is 18.3 Å². The average Bonchev–Trinajstić information content (AvgIpc) is 2.66. The van der Waals surface area contributed by atoms with E-state index in [0.717, 1.165) is 17.4 Å². The van der Waals surface area contributed by atoms with Crippen LogP contribution in [0, 0.1) is 0 Å². The third-order valence-corrected chi connectivity index (χ3v) is 5.09. The molecule has 18 heavy (non-hydrogen) atoms. The van der Waals surface area contributed by atoms with E-state index >= 15 is 0 Å². The van der Waals surface area contributed by atoms with Gasteiger partial charge < -0.3 is 17.0 Å². The highest BCUT2D eigenvalue weighted by atomic mass is 79.9. The van der Waals surface area contributed by atoms with Crippen molar-refractivity contribution in [2.24, 2.45) is 0 Å². The van der Waals surface area contributed by atoms with E-state index in [9.17, 15) is 13.2 Å². The zero-order valence-corrected chi connectivity index (χ0v) is 12.5. The van der Waals surface area contributed by atoms with Crippen molar-refractivity contribution in [3.05, 3.63) is 34.7 Å². The molecule has 0 aliphatic rings. The highest BCUT2D eigenvalue weighted by Crippen LogP contribution is 2.51. The van der Waals surface area contributed by atoms with Crippen LogP contribution in [0.15, 0.2) is 24.3 Å². The van der Waals surface area contributed by atoms with Gasteiger partial charge in [-0.3, -0.25) is 0 Å². The van der Waals surface area contributed by atoms with E-state index in [4.69, 9.17) is 0 Å². The first-order valence-electron chi connectivity index (χ1n) is 5.62. The van der Waals surface area contributed by atoms with E-state index < -0.39 is 16.0 Å². The van der Waals surface area contributed by atoms with E-state index in [1.165, 1.54) is 0 Å². The summed E-state index contributed by atoms with van der Waals surface area (Å²) in [5, 5.41) is 0.799. The second-order valence-corrected chi connectivity index (χ2v) is 5.94. The summed E-state index contributed by atoms with van der Waals surface area (Å²) >= 11 is 0. The molecule has 1 aromatic heterocycles. The van der Waals surface area contributed by atoms with Crippen LogP contribution >= 0.6 is 10.5 Å². The van der Waals surface area contributed by atoms with E-state index in [-0.39, 0.29) is 17.0 Å². The van der Waals surface area contributed by atoms with Gasteiger partial charge in [0.05, 0.1) is 10.5 Å². The zero-order chi connectivity index (χ0) is 12.6. The lowest BCUT2D eigenvalue weighted by atomic mass is 10.1. The number of benzene rings is 1. The molecular formula is C13H14BrF3S. The molecule has 1 atom stereocenters. The number of hydrogen-bond donors (Lipinski definition) is 0. The summed E-state index contributed by atoms with van der Waals surface area (Å²) in [5.41, 5.74) is -3.15. The van der Waals surface area contributed by atoms with Gasteiger partial charge in [-0.15, -0.1) is 13.2 Å². The molecule has 0 nitrogen and oxygen atoms in total. The fourth-order valence-electron chi connectivity index (χ4n) is 2.12. The van der Waals surface area contributed by atoms with Gasteiger partial charge in [0, 0.05) is 17.9 Å². The molecule has 0 N–H and O–H groups in total. The SMILES string of the molecule is CCc1cccc2c1cc(CC)[s+]2C(F)(F)F.[Br-]. The van der Waals surface area contributed by atoms with Crippen LogP contribution in [0.2, 0.25) is 0 Å². The second-order valence-electron chi connectivity index (χ2n) is 3.90. The first-order chi connectivity index (χ1) is 7.99. The molecule has 0 saturated heterocycles. The normalized spacial score (nSPS) is 12.6. The summed E-state index contributed by atoms with van der Waals surface area (Å²) in [4.78, 5) is 0.508. The number of thiophene rings is 1. The summed E-state index contributed by atoms with van der Waals surface area (Å²) in [6.45, 7) is 3.76. The molecule has 0 aliphatic heterocycles. The van der Waals surface area contributed by atoms with E-state index in [2.05, 4.69) is 0 Å². The Morgan fingerprint density at radius 1 is 1.11 bits per heavy atom. The van der Waals surface area contributed by atoms with Gasteiger partial charge in [0.1, 0.15) is 0 Å². The third kappa shape index (κ3) is 2.57. The number of hydrogen-bond acceptors (Lipinski definition) is 0. The van der Waals surface area contributed by atoms with Crippen LogP contribution in [0.1, 0.15) is 24.3 Å². The molecule has 0 bridgehead atoms. The maximum absolute atomic E-state index is 13.1. The second kappa shape index (κ2) is 5.61. The van der Waals surface area contributed by atoms with E-state index in [1.807, 2.05) is 13.0 Å². The minimum absolute atomic E-state index is 0. The maximum atomic E-state index is 13.1. The van der Waals surface area contributed by atoms with Crippen LogP contribution in [0.4, 0.5) is 13.2 Å². The standard InChI is InChI=1S/C13H14F3S.BrH/c1-3-9-6-5-7-12-11(9)8-10(4-2)17(12)13(14,15)16;/h5-8H,3-4H2,1-2H3;1H/q+1;/p-1. The summed E-state index contributed by atoms with van der Waals surface area (Å²) in [6, 6.07) is 7.00. The van der Waals surface area contributed by atoms with Gasteiger partial charge in [-0.1, -0.05) is 26.0 Å². The van der Waals surface area contributed by atoms with Crippen LogP contribution in [0.5, 0.6) is 0 Å². The lowest BCUT2D eigenvalue weighted by molar-refractivity contribution is -0.0867. The first-order valence-corrected chi connectivity index (χ1v) is 6.85. The summed E-state index contributed by atoms with van der Waals surface area (Å²) in [7, 11) is -1.71. The number of aryl methyl sites for hydroxylation is 2. The van der Waals surface area contributed by atoms with Gasteiger partial charge in [0.15, 0.2) is 9.58 Å². The maximum Gasteiger partial charge on any atom is 0.600 e. The predicted octanol–water partition coefficient (Wildman–Crippen LogP) is 2.19. The smallest absolute Gasteiger partial charge is 0.600 e. The van der Waals surface area contributed by atoms with E-state index in [1.54, 1.807) is 25.1 Å². The van der Waals surface area contributed by atoms with Crippen molar-refractivity contribution in [3.8, 4) is 0 Å². The Balaban J connectivity index is 0.00000162. The Labute approximate surface area is 118 Å². The van der Waals surface area contributed by atoms with Crippen molar-refractivity contribution < 1.29 is 30.2 Å². The molecule has 5 heteroatoms. The third-order valence-electron chi connectivity index (χ3n) is 2.90. The molecular weight excluding hydrogens is 325 g/mol. The van der Waals surface area contributed by atoms with Gasteiger partial charge in [-0.25, -0.2) is 0 Å². The minimum Gasteiger partial charge on any atom is -1.00 e. The van der Waals surface area contributed by atoms with Crippen LogP contribution < -0.4 is 17.0 Å². The Morgan fingerprint density at radius 2 is 1.78 bits per heavy atom. The number of alkyl halides is 3. The zero-order valence-electron chi connectivity index (χ0n) is 10.1. The molecule has 0 saturated carbocycles. The van der Waals surface area contributed by atoms with Gasteiger partial charge in [-0.05, 0) is 18.1 Å². The van der Waals surface area contributed by atoms with Crippen molar-refractivity contribution in [1.29, 1.82) is 0 Å². The number of rotatable bonds is 2. The van der Waals surface area contributed by atoms with Crippen molar-refractivity contribution in [1.82, 2.24) is 0 Å². The van der Waals surface area contributed by atoms with Crippen molar-refractivity contribution in [3.63, 3.8) is 0 Å². The fourth-order valence-corrected chi connectivity index (χ4v) is 4.10. The molecule has 0 fully saturated rings. The molecule has 1 heterocycles. The Morgan fingerprint density at radius 3 is 2.28 bits per heavy atom. The largest absolute Gasteiger partial charge is 1.00 e. The van der Waals surface area contributed by atoms with Gasteiger partial charge in [0.25, 0.3) is 0 Å². The van der Waals surface area contributed by atoms with Gasteiger partial charge in [0.2, 0.25) is 0 Å². The molecule has 0 spiro atoms. The quantitative estimate of drug-likeness (QED) is 0.736. The highest BCUT2D eigenvalue weighted by Gasteiger charge is 2.47. The minimum atomic E-state index is -4.15. The lowest BCUT2D eigenvalue weighted by Crippen LogP contribution is -3.00. The van der Waals surface area contributed by atoms with Crippen LogP contribution in [0.3, 0.4) is 0 Å². The average molecular weight is 339 g/mol. The fraction of sp³-hybridized carbons (Fsp3) is 0.385. The monoisotopic (exact) mass is 338 g/mol. The first kappa shape index (κ1) is 15.5. The molecule has 0 amide bonds. The Bertz CT molecular complexity index is 543. The Kier molecular flexibility index (Phi) is 4.84. The van der Waals surface area contributed by atoms with Crippen LogP contribution in [-0.4, -0.2) is 0 Å². The lowest BCUT2D eigenvalue weighted by Gasteiger charge is -1.99. The molecule has 100 valence electrons. The van der Waals surface area contributed by atoms with E-state index in [0.29, 0.717) is 16.0 Å².